The zero-order chi connectivity index (χ0) is 25.0. The highest BCUT2D eigenvalue weighted by molar-refractivity contribution is 5.94. The maximum atomic E-state index is 12.8. The van der Waals surface area contributed by atoms with Gasteiger partial charge in [-0.05, 0) is 41.9 Å². The van der Waals surface area contributed by atoms with Gasteiger partial charge >= 0.3 is 5.97 Å². The molecule has 0 radical (unpaired) electrons. The largest absolute Gasteiger partial charge is 0.481 e. The summed E-state index contributed by atoms with van der Waals surface area (Å²) in [7, 11) is 0. The number of aliphatic carboxylic acids is 1. The number of hydrogen-bond donors (Lipinski definition) is 3. The van der Waals surface area contributed by atoms with E-state index in [-0.39, 0.29) is 30.3 Å². The molecule has 1 saturated carbocycles. The number of nitrogens with one attached hydrogen (secondary N) is 2. The van der Waals surface area contributed by atoms with E-state index in [0.29, 0.717) is 23.0 Å². The summed E-state index contributed by atoms with van der Waals surface area (Å²) < 4.78 is 14.2. The van der Waals surface area contributed by atoms with Gasteiger partial charge in [0, 0.05) is 23.9 Å². The van der Waals surface area contributed by atoms with E-state index < -0.39 is 12.6 Å². The number of carbonyl (C=O) groups excluding carboxylic acids is 1. The summed E-state index contributed by atoms with van der Waals surface area (Å²) in [5, 5.41) is 19.0. The molecular formula is C25H29FN6O3. The van der Waals surface area contributed by atoms with Crippen molar-refractivity contribution in [3.63, 3.8) is 0 Å². The highest BCUT2D eigenvalue weighted by Gasteiger charge is 2.41. The molecule has 0 bridgehead atoms. The van der Waals surface area contributed by atoms with Crippen LogP contribution in [0.1, 0.15) is 60.6 Å². The maximum absolute atomic E-state index is 12.8. The first kappa shape index (κ1) is 24.3. The van der Waals surface area contributed by atoms with Crippen molar-refractivity contribution in [1.29, 1.82) is 0 Å². The molecule has 0 aliphatic heterocycles. The van der Waals surface area contributed by atoms with Gasteiger partial charge in [-0.1, -0.05) is 26.0 Å². The minimum atomic E-state index is -0.955. The Balaban J connectivity index is 1.48. The molecule has 1 atom stereocenters. The lowest BCUT2D eigenvalue weighted by molar-refractivity contribution is -0.136. The minimum Gasteiger partial charge on any atom is -0.481 e. The van der Waals surface area contributed by atoms with Crippen LogP contribution in [0.15, 0.2) is 49.1 Å². The standard InChI is InChI=1S/C25H29FN6O3/c1-25(2)9-19(10-25)22(17-3-5-18(6-4-17)23(35)27-8-7-21(33)34)31-20-13-28-24(29-14-20)32-15-16(11-26)12-30-32/h3-6,12-15,19,22,31H,7-11H2,1-2H3,(H,27,35)(H,33,34). The van der Waals surface area contributed by atoms with Crippen LogP contribution in [0, 0.1) is 11.3 Å². The number of aromatic nitrogens is 4. The predicted octanol–water partition coefficient (Wildman–Crippen LogP) is 3.93. The Kier molecular flexibility index (Phi) is 7.09. The highest BCUT2D eigenvalue weighted by atomic mass is 19.1. The fourth-order valence-electron chi connectivity index (χ4n) is 4.53. The second kappa shape index (κ2) is 10.2. The number of nitrogens with zero attached hydrogens (tertiary/aromatic N) is 4. The summed E-state index contributed by atoms with van der Waals surface area (Å²) in [6.45, 7) is 3.99. The monoisotopic (exact) mass is 480 g/mol. The number of halogens is 1. The first-order chi connectivity index (χ1) is 16.7. The Hall–Kier alpha value is -3.82. The summed E-state index contributed by atoms with van der Waals surface area (Å²) in [5.74, 6) is -0.497. The van der Waals surface area contributed by atoms with Crippen LogP contribution in [-0.4, -0.2) is 43.3 Å². The summed E-state index contributed by atoms with van der Waals surface area (Å²) in [6.07, 6.45) is 8.35. The van der Waals surface area contributed by atoms with Gasteiger partial charge in [0.2, 0.25) is 0 Å². The predicted molar refractivity (Wildman–Crippen MR) is 128 cm³/mol. The summed E-state index contributed by atoms with van der Waals surface area (Å²) in [4.78, 5) is 31.7. The number of hydrogen-bond acceptors (Lipinski definition) is 6. The van der Waals surface area contributed by atoms with Gasteiger partial charge in [-0.15, -0.1) is 0 Å². The van der Waals surface area contributed by atoms with E-state index in [2.05, 4.69) is 39.5 Å². The number of carboxylic acids is 1. The average Bonchev–Trinajstić information content (AvgIpc) is 3.31. The van der Waals surface area contributed by atoms with Gasteiger partial charge in [0.25, 0.3) is 11.9 Å². The summed E-state index contributed by atoms with van der Waals surface area (Å²) in [5.41, 5.74) is 3.00. The first-order valence-corrected chi connectivity index (χ1v) is 11.5. The van der Waals surface area contributed by atoms with E-state index in [0.717, 1.165) is 24.1 Å². The second-order valence-corrected chi connectivity index (χ2v) is 9.67. The Morgan fingerprint density at radius 3 is 2.43 bits per heavy atom. The van der Waals surface area contributed by atoms with Crippen molar-refractivity contribution in [3.05, 3.63) is 65.7 Å². The van der Waals surface area contributed by atoms with Crippen molar-refractivity contribution in [1.82, 2.24) is 25.1 Å². The Morgan fingerprint density at radius 2 is 1.86 bits per heavy atom. The lowest BCUT2D eigenvalue weighted by Crippen LogP contribution is -2.38. The lowest BCUT2D eigenvalue weighted by atomic mass is 9.61. The van der Waals surface area contributed by atoms with Crippen LogP contribution in [0.5, 0.6) is 0 Å². The Morgan fingerprint density at radius 1 is 1.17 bits per heavy atom. The molecule has 1 amide bonds. The van der Waals surface area contributed by atoms with Crippen LogP contribution < -0.4 is 10.6 Å². The molecule has 1 fully saturated rings. The van der Waals surface area contributed by atoms with Gasteiger partial charge in [-0.25, -0.2) is 19.0 Å². The zero-order valence-electron chi connectivity index (χ0n) is 19.7. The second-order valence-electron chi connectivity index (χ2n) is 9.67. The van der Waals surface area contributed by atoms with Crippen LogP contribution in [0.3, 0.4) is 0 Å². The molecule has 184 valence electrons. The van der Waals surface area contributed by atoms with Crippen molar-refractivity contribution in [2.75, 3.05) is 11.9 Å². The van der Waals surface area contributed by atoms with Gasteiger partial charge in [-0.2, -0.15) is 5.10 Å². The van der Waals surface area contributed by atoms with Crippen LogP contribution in [0.4, 0.5) is 10.1 Å². The van der Waals surface area contributed by atoms with Crippen LogP contribution in [0.25, 0.3) is 5.95 Å². The third-order valence-electron chi connectivity index (χ3n) is 6.21. The molecule has 1 aromatic carbocycles. The van der Waals surface area contributed by atoms with E-state index in [1.165, 1.54) is 10.9 Å². The number of amides is 1. The van der Waals surface area contributed by atoms with Gasteiger partial charge < -0.3 is 15.7 Å². The van der Waals surface area contributed by atoms with E-state index in [1.54, 1.807) is 30.7 Å². The van der Waals surface area contributed by atoms with Gasteiger partial charge in [0.1, 0.15) is 6.67 Å². The lowest BCUT2D eigenvalue weighted by Gasteiger charge is -2.47. The van der Waals surface area contributed by atoms with Crippen molar-refractivity contribution < 1.29 is 19.1 Å². The fraction of sp³-hybridized carbons (Fsp3) is 0.400. The van der Waals surface area contributed by atoms with Crippen molar-refractivity contribution in [3.8, 4) is 5.95 Å². The normalized spacial score (nSPS) is 15.7. The van der Waals surface area contributed by atoms with E-state index in [4.69, 9.17) is 5.11 Å². The molecule has 2 heterocycles. The number of alkyl halides is 1. The quantitative estimate of drug-likeness (QED) is 0.402. The SMILES string of the molecule is CC1(C)CC(C(Nc2cnc(-n3cc(CF)cn3)nc2)c2ccc(C(=O)NCCC(=O)O)cc2)C1. The zero-order valence-corrected chi connectivity index (χ0v) is 19.7. The van der Waals surface area contributed by atoms with Crippen LogP contribution in [-0.2, 0) is 11.5 Å². The maximum Gasteiger partial charge on any atom is 0.305 e. The fourth-order valence-corrected chi connectivity index (χ4v) is 4.53. The number of carbonyl (C=O) groups is 2. The molecule has 1 aliphatic carbocycles. The molecule has 0 saturated heterocycles. The Labute approximate surface area is 202 Å². The van der Waals surface area contributed by atoms with Crippen molar-refractivity contribution >= 4 is 17.6 Å². The van der Waals surface area contributed by atoms with Crippen LogP contribution in [0.2, 0.25) is 0 Å². The van der Waals surface area contributed by atoms with Crippen molar-refractivity contribution in [2.45, 2.75) is 45.8 Å². The smallest absolute Gasteiger partial charge is 0.305 e. The molecule has 1 unspecified atom stereocenters. The molecule has 3 aromatic rings. The average molecular weight is 481 g/mol. The topological polar surface area (TPSA) is 122 Å². The summed E-state index contributed by atoms with van der Waals surface area (Å²) >= 11 is 0. The van der Waals surface area contributed by atoms with Crippen molar-refractivity contribution in [2.24, 2.45) is 11.3 Å². The van der Waals surface area contributed by atoms with Crippen LogP contribution >= 0.6 is 0 Å². The molecule has 1 aliphatic rings. The molecule has 10 heteroatoms. The molecule has 2 aromatic heterocycles. The molecule has 3 N–H and O–H groups in total. The van der Waals surface area contributed by atoms with E-state index in [9.17, 15) is 14.0 Å². The number of anilines is 1. The van der Waals surface area contributed by atoms with Gasteiger partial charge in [-0.3, -0.25) is 9.59 Å². The first-order valence-electron chi connectivity index (χ1n) is 11.5. The number of benzene rings is 1. The van der Waals surface area contributed by atoms with Gasteiger partial charge in [0.15, 0.2) is 0 Å². The molecular weight excluding hydrogens is 451 g/mol. The molecule has 9 nitrogen and oxygen atoms in total. The molecule has 0 spiro atoms. The highest BCUT2D eigenvalue weighted by Crippen LogP contribution is 2.51. The molecule has 35 heavy (non-hydrogen) atoms. The minimum absolute atomic E-state index is 0.00411. The third-order valence-corrected chi connectivity index (χ3v) is 6.21. The van der Waals surface area contributed by atoms with Gasteiger partial charge in [0.05, 0.1) is 36.7 Å². The van der Waals surface area contributed by atoms with E-state index >= 15 is 0 Å². The number of rotatable bonds is 10. The Bertz CT molecular complexity index is 1170. The third kappa shape index (κ3) is 6.00. The van der Waals surface area contributed by atoms with E-state index in [1.807, 2.05) is 12.1 Å². The summed E-state index contributed by atoms with van der Waals surface area (Å²) in [6, 6.07) is 7.36. The molecule has 4 rings (SSSR count). The number of carboxylic acid groups (broad SMARTS) is 1.